The van der Waals surface area contributed by atoms with Crippen LogP contribution in [0.5, 0.6) is 0 Å². The average molecular weight is 565 g/mol. The fourth-order valence-electron chi connectivity index (χ4n) is 4.89. The standard InChI is InChI=1S/C32H24N10O/c33-28-25(10-5-17-34-28)30-37-27-16-15-26(21-6-2-1-3-7-21)36-31(27)42(30)24-13-11-20(12-14-24)19-35-32(43)23-9-4-8-22(18-23)29-38-40-41-39-29/h1-18H,19H2,(H2,33,34)(H,35,43)(H,38,39,40,41). The van der Waals surface area contributed by atoms with Crippen LogP contribution in [0.3, 0.4) is 0 Å². The number of benzene rings is 3. The summed E-state index contributed by atoms with van der Waals surface area (Å²) in [6.07, 6.45) is 1.65. The van der Waals surface area contributed by atoms with Gasteiger partial charge in [0.1, 0.15) is 11.3 Å². The molecule has 4 aromatic heterocycles. The SMILES string of the molecule is Nc1ncccc1-c1nc2ccc(-c3ccccc3)nc2n1-c1ccc(CNC(=O)c2cccc(-c3nn[nH]n3)c2)cc1. The first kappa shape index (κ1) is 25.7. The zero-order chi connectivity index (χ0) is 29.2. The Morgan fingerprint density at radius 2 is 1.70 bits per heavy atom. The van der Waals surface area contributed by atoms with E-state index in [0.717, 1.165) is 28.0 Å². The number of nitrogens with two attached hydrogens (primary N) is 1. The average Bonchev–Trinajstić information content (AvgIpc) is 3.73. The number of nitrogen functional groups attached to an aromatic ring is 1. The van der Waals surface area contributed by atoms with Gasteiger partial charge >= 0.3 is 0 Å². The van der Waals surface area contributed by atoms with Gasteiger partial charge in [0.15, 0.2) is 11.5 Å². The number of carbonyl (C=O) groups is 1. The summed E-state index contributed by atoms with van der Waals surface area (Å²) >= 11 is 0. The van der Waals surface area contributed by atoms with Gasteiger partial charge in [0, 0.05) is 35.1 Å². The number of nitrogens with zero attached hydrogens (tertiary/aromatic N) is 7. The Kier molecular flexibility index (Phi) is 6.56. The lowest BCUT2D eigenvalue weighted by atomic mass is 10.1. The molecule has 1 amide bonds. The minimum Gasteiger partial charge on any atom is -0.383 e. The van der Waals surface area contributed by atoms with E-state index in [1.165, 1.54) is 0 Å². The van der Waals surface area contributed by atoms with Gasteiger partial charge in [-0.2, -0.15) is 5.21 Å². The fraction of sp³-hybridized carbons (Fsp3) is 0.0312. The second-order valence-corrected chi connectivity index (χ2v) is 9.78. The molecule has 43 heavy (non-hydrogen) atoms. The molecule has 0 aliphatic rings. The molecule has 0 bridgehead atoms. The molecule has 11 nitrogen and oxygen atoms in total. The van der Waals surface area contributed by atoms with Crippen molar-refractivity contribution in [2.45, 2.75) is 6.54 Å². The third kappa shape index (κ3) is 5.06. The van der Waals surface area contributed by atoms with Crippen LogP contribution in [0.4, 0.5) is 5.82 Å². The first-order chi connectivity index (χ1) is 21.1. The number of imidazole rings is 1. The van der Waals surface area contributed by atoms with Crippen molar-refractivity contribution in [3.05, 3.63) is 120 Å². The molecule has 4 N–H and O–H groups in total. The Hall–Kier alpha value is -6.23. The molecular formula is C32H24N10O. The predicted octanol–water partition coefficient (Wildman–Crippen LogP) is 4.84. The van der Waals surface area contributed by atoms with Crippen molar-refractivity contribution < 1.29 is 4.79 Å². The number of tetrazole rings is 1. The molecule has 11 heteroatoms. The number of carbonyl (C=O) groups excluding carboxylic acids is 1. The first-order valence-corrected chi connectivity index (χ1v) is 13.5. The summed E-state index contributed by atoms with van der Waals surface area (Å²) in [6.45, 7) is 0.342. The maximum absolute atomic E-state index is 12.9. The van der Waals surface area contributed by atoms with Crippen LogP contribution >= 0.6 is 0 Å². The predicted molar refractivity (Wildman–Crippen MR) is 163 cm³/mol. The monoisotopic (exact) mass is 564 g/mol. The van der Waals surface area contributed by atoms with Gasteiger partial charge in [-0.1, -0.05) is 54.6 Å². The molecule has 0 radical (unpaired) electrons. The van der Waals surface area contributed by atoms with E-state index >= 15 is 0 Å². The largest absolute Gasteiger partial charge is 0.383 e. The Labute approximate surface area is 245 Å². The number of anilines is 1. The number of pyridine rings is 2. The summed E-state index contributed by atoms with van der Waals surface area (Å²) < 4.78 is 1.99. The summed E-state index contributed by atoms with van der Waals surface area (Å²) in [5, 5.41) is 16.9. The van der Waals surface area contributed by atoms with Crippen molar-refractivity contribution in [2.24, 2.45) is 0 Å². The van der Waals surface area contributed by atoms with E-state index in [2.05, 4.69) is 30.9 Å². The summed E-state index contributed by atoms with van der Waals surface area (Å²) in [5.74, 6) is 1.24. The molecular weight excluding hydrogens is 540 g/mol. The normalized spacial score (nSPS) is 11.1. The smallest absolute Gasteiger partial charge is 0.251 e. The van der Waals surface area contributed by atoms with Crippen molar-refractivity contribution in [1.82, 2.24) is 45.5 Å². The van der Waals surface area contributed by atoms with Crippen LogP contribution in [-0.4, -0.2) is 46.1 Å². The minimum absolute atomic E-state index is 0.206. The second kappa shape index (κ2) is 11.0. The molecule has 3 aromatic carbocycles. The Bertz CT molecular complexity index is 2050. The quantitative estimate of drug-likeness (QED) is 0.249. The lowest BCUT2D eigenvalue weighted by Gasteiger charge is -2.12. The van der Waals surface area contributed by atoms with Gasteiger partial charge in [-0.3, -0.25) is 9.36 Å². The topological polar surface area (TPSA) is 153 Å². The summed E-state index contributed by atoms with van der Waals surface area (Å²) in [4.78, 5) is 27.1. The van der Waals surface area contributed by atoms with Crippen LogP contribution < -0.4 is 11.1 Å². The lowest BCUT2D eigenvalue weighted by Crippen LogP contribution is -2.22. The molecule has 208 valence electrons. The molecule has 7 rings (SSSR count). The van der Waals surface area contributed by atoms with Gasteiger partial charge in [0.2, 0.25) is 5.82 Å². The van der Waals surface area contributed by atoms with E-state index in [-0.39, 0.29) is 5.91 Å². The number of aromatic amines is 1. The molecule has 0 spiro atoms. The van der Waals surface area contributed by atoms with Gasteiger partial charge < -0.3 is 11.1 Å². The summed E-state index contributed by atoms with van der Waals surface area (Å²) in [6, 6.07) is 32.7. The number of nitrogens with one attached hydrogen (secondary N) is 2. The molecule has 0 aliphatic carbocycles. The van der Waals surface area contributed by atoms with E-state index in [4.69, 9.17) is 15.7 Å². The third-order valence-corrected chi connectivity index (χ3v) is 7.03. The minimum atomic E-state index is -0.206. The van der Waals surface area contributed by atoms with Gasteiger partial charge in [0.05, 0.1) is 11.3 Å². The molecule has 0 unspecified atom stereocenters. The second-order valence-electron chi connectivity index (χ2n) is 9.78. The molecule has 0 saturated heterocycles. The van der Waals surface area contributed by atoms with E-state index in [0.29, 0.717) is 46.3 Å². The van der Waals surface area contributed by atoms with Gasteiger partial charge in [-0.25, -0.2) is 15.0 Å². The number of amides is 1. The number of aromatic nitrogens is 8. The number of rotatable bonds is 7. The van der Waals surface area contributed by atoms with Crippen LogP contribution in [0.2, 0.25) is 0 Å². The highest BCUT2D eigenvalue weighted by molar-refractivity contribution is 5.95. The van der Waals surface area contributed by atoms with Crippen LogP contribution in [-0.2, 0) is 6.54 Å². The zero-order valence-corrected chi connectivity index (χ0v) is 22.7. The van der Waals surface area contributed by atoms with Gasteiger partial charge in [-0.05, 0) is 59.3 Å². The molecule has 0 fully saturated rings. The zero-order valence-electron chi connectivity index (χ0n) is 22.7. The highest BCUT2D eigenvalue weighted by atomic mass is 16.1. The van der Waals surface area contributed by atoms with Crippen LogP contribution in [0, 0.1) is 0 Å². The molecule has 0 saturated carbocycles. The summed E-state index contributed by atoms with van der Waals surface area (Å²) in [7, 11) is 0. The molecule has 0 aliphatic heterocycles. The maximum Gasteiger partial charge on any atom is 0.251 e. The number of hydrogen-bond acceptors (Lipinski definition) is 8. The van der Waals surface area contributed by atoms with E-state index in [9.17, 15) is 4.79 Å². The summed E-state index contributed by atoms with van der Waals surface area (Å²) in [5.41, 5.74) is 13.2. The van der Waals surface area contributed by atoms with Crippen molar-refractivity contribution >= 4 is 22.9 Å². The van der Waals surface area contributed by atoms with E-state index in [1.807, 2.05) is 89.5 Å². The van der Waals surface area contributed by atoms with Crippen LogP contribution in [0.15, 0.2) is 109 Å². The van der Waals surface area contributed by atoms with Gasteiger partial charge in [-0.15, -0.1) is 10.2 Å². The number of hydrogen-bond donors (Lipinski definition) is 3. The number of H-pyrrole nitrogens is 1. The first-order valence-electron chi connectivity index (χ1n) is 13.5. The molecule has 7 aromatic rings. The van der Waals surface area contributed by atoms with Crippen LogP contribution in [0.25, 0.3) is 50.9 Å². The van der Waals surface area contributed by atoms with Crippen molar-refractivity contribution in [3.8, 4) is 39.7 Å². The van der Waals surface area contributed by atoms with Gasteiger partial charge in [0.25, 0.3) is 5.91 Å². The molecule has 4 heterocycles. The third-order valence-electron chi connectivity index (χ3n) is 7.03. The maximum atomic E-state index is 12.9. The Morgan fingerprint density at radius 3 is 2.49 bits per heavy atom. The van der Waals surface area contributed by atoms with Crippen molar-refractivity contribution in [2.75, 3.05) is 5.73 Å². The lowest BCUT2D eigenvalue weighted by molar-refractivity contribution is 0.0951. The Balaban J connectivity index is 1.20. The van der Waals surface area contributed by atoms with Crippen molar-refractivity contribution in [1.29, 1.82) is 0 Å². The van der Waals surface area contributed by atoms with E-state index < -0.39 is 0 Å². The number of fused-ring (bicyclic) bond motifs is 1. The highest BCUT2D eigenvalue weighted by Gasteiger charge is 2.19. The highest BCUT2D eigenvalue weighted by Crippen LogP contribution is 2.31. The Morgan fingerprint density at radius 1 is 0.860 bits per heavy atom. The van der Waals surface area contributed by atoms with Crippen LogP contribution in [0.1, 0.15) is 15.9 Å². The fourth-order valence-corrected chi connectivity index (χ4v) is 4.89. The van der Waals surface area contributed by atoms with E-state index in [1.54, 1.807) is 24.4 Å². The molecule has 0 atom stereocenters. The van der Waals surface area contributed by atoms with Crippen molar-refractivity contribution in [3.63, 3.8) is 0 Å².